The van der Waals surface area contributed by atoms with Crippen LogP contribution in [0.1, 0.15) is 39.9 Å². The molecule has 1 heterocycles. The first-order valence-electron chi connectivity index (χ1n) is 9.62. The van der Waals surface area contributed by atoms with Crippen LogP contribution >= 0.6 is 11.6 Å². The van der Waals surface area contributed by atoms with E-state index in [1.165, 1.54) is 23.8 Å². The summed E-state index contributed by atoms with van der Waals surface area (Å²) in [7, 11) is 3.68. The molecule has 3 rings (SSSR count). The normalized spacial score (nSPS) is 13.8. The molecule has 0 bridgehead atoms. The van der Waals surface area contributed by atoms with Gasteiger partial charge < -0.3 is 9.64 Å². The minimum Gasteiger partial charge on any atom is -0.496 e. The van der Waals surface area contributed by atoms with Crippen molar-refractivity contribution in [3.8, 4) is 5.75 Å². The van der Waals surface area contributed by atoms with Gasteiger partial charge in [-0.3, -0.25) is 9.63 Å². The summed E-state index contributed by atoms with van der Waals surface area (Å²) in [4.78, 5) is 19.9. The largest absolute Gasteiger partial charge is 0.496 e. The van der Waals surface area contributed by atoms with Crippen LogP contribution in [0.2, 0.25) is 5.02 Å². The van der Waals surface area contributed by atoms with E-state index in [4.69, 9.17) is 21.2 Å². The number of carbonyl (C=O) groups is 1. The molecule has 0 saturated carbocycles. The molecule has 1 N–H and O–H groups in total. The van der Waals surface area contributed by atoms with Gasteiger partial charge in [-0.1, -0.05) is 29.8 Å². The summed E-state index contributed by atoms with van der Waals surface area (Å²) in [5.41, 5.74) is 7.24. The monoisotopic (exact) mass is 402 g/mol. The number of fused-ring (bicyclic) bond motifs is 1. The highest BCUT2D eigenvalue weighted by Gasteiger charge is 2.16. The molecule has 0 spiro atoms. The third-order valence-corrected chi connectivity index (χ3v) is 5.30. The third-order valence-electron chi connectivity index (χ3n) is 5.07. The Bertz CT molecular complexity index is 825. The maximum Gasteiger partial charge on any atom is 0.278 e. The van der Waals surface area contributed by atoms with Gasteiger partial charge in [-0.2, -0.15) is 0 Å². The molecule has 0 fully saturated rings. The lowest BCUT2D eigenvalue weighted by molar-refractivity contribution is 0.0297. The third kappa shape index (κ3) is 5.25. The molecule has 150 valence electrons. The van der Waals surface area contributed by atoms with Gasteiger partial charge in [0.15, 0.2) is 0 Å². The van der Waals surface area contributed by atoms with Crippen molar-refractivity contribution >= 4 is 17.5 Å². The van der Waals surface area contributed by atoms with Crippen molar-refractivity contribution in [1.29, 1.82) is 0 Å². The first kappa shape index (κ1) is 20.6. The Balaban J connectivity index is 1.42. The lowest BCUT2D eigenvalue weighted by atomic mass is 9.92. The van der Waals surface area contributed by atoms with E-state index in [1.807, 2.05) is 0 Å². The van der Waals surface area contributed by atoms with Gasteiger partial charge in [0, 0.05) is 18.1 Å². The molecule has 0 unspecified atom stereocenters. The number of nitrogens with zero attached hydrogens (tertiary/aromatic N) is 1. The van der Waals surface area contributed by atoms with E-state index in [9.17, 15) is 4.79 Å². The lowest BCUT2D eigenvalue weighted by Gasteiger charge is -2.26. The van der Waals surface area contributed by atoms with Crippen LogP contribution in [-0.2, 0) is 24.2 Å². The molecule has 1 aliphatic rings. The Kier molecular flexibility index (Phi) is 7.31. The Morgan fingerprint density at radius 1 is 1.25 bits per heavy atom. The van der Waals surface area contributed by atoms with Gasteiger partial charge in [0.25, 0.3) is 5.91 Å². The topological polar surface area (TPSA) is 50.8 Å². The molecule has 2 aromatic rings. The van der Waals surface area contributed by atoms with Gasteiger partial charge in [0.1, 0.15) is 5.75 Å². The lowest BCUT2D eigenvalue weighted by Crippen LogP contribution is -2.27. The quantitative estimate of drug-likeness (QED) is 0.535. The van der Waals surface area contributed by atoms with Crippen molar-refractivity contribution < 1.29 is 14.4 Å². The van der Waals surface area contributed by atoms with Crippen LogP contribution in [0.4, 0.5) is 0 Å². The molecule has 0 saturated heterocycles. The van der Waals surface area contributed by atoms with E-state index >= 15 is 0 Å². The molecule has 6 heteroatoms. The number of ether oxygens (including phenoxy) is 1. The zero-order chi connectivity index (χ0) is 19.9. The molecule has 1 aliphatic heterocycles. The first-order chi connectivity index (χ1) is 13.6. The Morgan fingerprint density at radius 3 is 2.93 bits per heavy atom. The molecular formula is C22H27ClN2O3. The SMILES string of the molecule is COc1ccc(Cl)cc1C(=O)NOCCCCc1cccc2c1CCN(C)C2. The molecular weight excluding hydrogens is 376 g/mol. The van der Waals surface area contributed by atoms with Crippen molar-refractivity contribution in [3.05, 3.63) is 63.7 Å². The predicted molar refractivity (Wildman–Crippen MR) is 111 cm³/mol. The van der Waals surface area contributed by atoms with Gasteiger partial charge in [0.2, 0.25) is 0 Å². The molecule has 5 nitrogen and oxygen atoms in total. The molecule has 0 radical (unpaired) electrons. The van der Waals surface area contributed by atoms with Crippen LogP contribution in [0, 0.1) is 0 Å². The van der Waals surface area contributed by atoms with Crippen LogP contribution in [-0.4, -0.2) is 38.1 Å². The Labute approximate surface area is 171 Å². The van der Waals surface area contributed by atoms with Gasteiger partial charge >= 0.3 is 0 Å². The highest BCUT2D eigenvalue weighted by molar-refractivity contribution is 6.31. The van der Waals surface area contributed by atoms with Crippen molar-refractivity contribution in [3.63, 3.8) is 0 Å². The van der Waals surface area contributed by atoms with Gasteiger partial charge in [-0.05, 0) is 67.6 Å². The van der Waals surface area contributed by atoms with Crippen LogP contribution in [0.25, 0.3) is 0 Å². The summed E-state index contributed by atoms with van der Waals surface area (Å²) in [6.45, 7) is 2.61. The fourth-order valence-corrected chi connectivity index (χ4v) is 3.75. The number of methoxy groups -OCH3 is 1. The van der Waals surface area contributed by atoms with E-state index in [0.29, 0.717) is 22.9 Å². The molecule has 0 aromatic heterocycles. The highest BCUT2D eigenvalue weighted by atomic mass is 35.5. The number of nitrogens with one attached hydrogen (secondary N) is 1. The number of hydrogen-bond acceptors (Lipinski definition) is 4. The van der Waals surface area contributed by atoms with Crippen LogP contribution in [0.15, 0.2) is 36.4 Å². The smallest absolute Gasteiger partial charge is 0.278 e. The molecule has 28 heavy (non-hydrogen) atoms. The minimum atomic E-state index is -0.361. The van der Waals surface area contributed by atoms with Gasteiger partial charge in [-0.25, -0.2) is 5.48 Å². The van der Waals surface area contributed by atoms with Crippen molar-refractivity contribution in [2.24, 2.45) is 0 Å². The maximum atomic E-state index is 12.2. The second-order valence-electron chi connectivity index (χ2n) is 7.12. The number of hydrogen-bond donors (Lipinski definition) is 1. The Morgan fingerprint density at radius 2 is 2.11 bits per heavy atom. The Hall–Kier alpha value is -2.08. The fourth-order valence-electron chi connectivity index (χ4n) is 3.58. The van der Waals surface area contributed by atoms with E-state index in [0.717, 1.165) is 38.8 Å². The summed E-state index contributed by atoms with van der Waals surface area (Å²) in [5.74, 6) is 0.102. The standard InChI is InChI=1S/C22H27ClN2O3/c1-25-12-11-19-16(7-5-8-17(19)15-25)6-3-4-13-28-24-22(26)20-14-18(23)9-10-21(20)27-2/h5,7-10,14H,3-4,6,11-13,15H2,1-2H3,(H,24,26). The van der Waals surface area contributed by atoms with Crippen molar-refractivity contribution in [2.75, 3.05) is 27.3 Å². The average molecular weight is 403 g/mol. The summed E-state index contributed by atoms with van der Waals surface area (Å²) < 4.78 is 5.19. The zero-order valence-corrected chi connectivity index (χ0v) is 17.2. The number of amides is 1. The number of benzene rings is 2. The fraction of sp³-hybridized carbons (Fsp3) is 0.409. The number of carbonyl (C=O) groups excluding carboxylic acids is 1. The average Bonchev–Trinajstić information content (AvgIpc) is 2.70. The van der Waals surface area contributed by atoms with E-state index in [2.05, 4.69) is 35.6 Å². The molecule has 0 aliphatic carbocycles. The van der Waals surface area contributed by atoms with E-state index < -0.39 is 0 Å². The number of hydroxylamine groups is 1. The number of rotatable bonds is 8. The number of halogens is 1. The van der Waals surface area contributed by atoms with E-state index in [-0.39, 0.29) is 5.91 Å². The molecule has 2 aromatic carbocycles. The zero-order valence-electron chi connectivity index (χ0n) is 16.5. The maximum absolute atomic E-state index is 12.2. The number of aryl methyl sites for hydroxylation is 1. The second kappa shape index (κ2) is 9.92. The van der Waals surface area contributed by atoms with Crippen molar-refractivity contribution in [1.82, 2.24) is 10.4 Å². The predicted octanol–water partition coefficient (Wildman–Crippen LogP) is 4.02. The first-order valence-corrected chi connectivity index (χ1v) is 10.00. The summed E-state index contributed by atoms with van der Waals surface area (Å²) >= 11 is 5.96. The number of unbranched alkanes of at least 4 members (excludes halogenated alkanes) is 1. The van der Waals surface area contributed by atoms with Crippen LogP contribution in [0.5, 0.6) is 5.75 Å². The summed E-state index contributed by atoms with van der Waals surface area (Å²) in [5, 5.41) is 0.475. The van der Waals surface area contributed by atoms with Gasteiger partial charge in [-0.15, -0.1) is 0 Å². The van der Waals surface area contributed by atoms with Crippen LogP contribution < -0.4 is 10.2 Å². The molecule has 1 amide bonds. The second-order valence-corrected chi connectivity index (χ2v) is 7.56. The highest BCUT2D eigenvalue weighted by Crippen LogP contribution is 2.24. The number of likely N-dealkylation sites (N-methyl/N-ethyl adjacent to an activating group) is 1. The summed E-state index contributed by atoms with van der Waals surface area (Å²) in [6, 6.07) is 11.5. The van der Waals surface area contributed by atoms with E-state index in [1.54, 1.807) is 18.2 Å². The minimum absolute atomic E-state index is 0.357. The molecule has 0 atom stereocenters. The van der Waals surface area contributed by atoms with Crippen LogP contribution in [0.3, 0.4) is 0 Å². The summed E-state index contributed by atoms with van der Waals surface area (Å²) in [6.07, 6.45) is 4.04. The van der Waals surface area contributed by atoms with Gasteiger partial charge in [0.05, 0.1) is 19.3 Å². The van der Waals surface area contributed by atoms with Crippen molar-refractivity contribution in [2.45, 2.75) is 32.2 Å².